The van der Waals surface area contributed by atoms with Crippen molar-refractivity contribution in [1.82, 2.24) is 5.32 Å². The monoisotopic (exact) mass is 310 g/mol. The van der Waals surface area contributed by atoms with Crippen LogP contribution < -0.4 is 11.1 Å². The summed E-state index contributed by atoms with van der Waals surface area (Å²) in [5.41, 5.74) is 6.96. The van der Waals surface area contributed by atoms with Gasteiger partial charge in [-0.3, -0.25) is 4.79 Å². The lowest BCUT2D eigenvalue weighted by molar-refractivity contribution is 0.0927. The maximum absolute atomic E-state index is 12.2. The van der Waals surface area contributed by atoms with Crippen LogP contribution in [0.2, 0.25) is 0 Å². The average Bonchev–Trinajstić information content (AvgIpc) is 2.59. The second-order valence-electron chi connectivity index (χ2n) is 5.27. The normalized spacial score (nSPS) is 27.2. The lowest BCUT2D eigenvalue weighted by Crippen LogP contribution is -2.37. The van der Waals surface area contributed by atoms with E-state index in [1.165, 1.54) is 6.42 Å². The molecule has 0 spiro atoms. The zero-order valence-electron chi connectivity index (χ0n) is 10.7. The van der Waals surface area contributed by atoms with Crippen molar-refractivity contribution in [2.24, 2.45) is 11.8 Å². The van der Waals surface area contributed by atoms with E-state index in [9.17, 15) is 4.79 Å². The van der Waals surface area contributed by atoms with Crippen LogP contribution >= 0.6 is 15.9 Å². The van der Waals surface area contributed by atoms with Gasteiger partial charge in [-0.1, -0.05) is 29.8 Å². The molecule has 1 aliphatic carbocycles. The standard InChI is InChI=1S/C14H19BrN2O/c1-8-3-4-13(9(8)2)17-14(18)10-5-11(15)7-12(16)6-10/h5-9,13H,3-4,16H2,1-2H3,(H,17,18). The topological polar surface area (TPSA) is 55.1 Å². The summed E-state index contributed by atoms with van der Waals surface area (Å²) in [6.45, 7) is 4.45. The van der Waals surface area contributed by atoms with Gasteiger partial charge in [0.15, 0.2) is 0 Å². The Bertz CT molecular complexity index is 441. The summed E-state index contributed by atoms with van der Waals surface area (Å²) in [6.07, 6.45) is 2.25. The Morgan fingerprint density at radius 3 is 2.61 bits per heavy atom. The molecule has 1 aliphatic rings. The van der Waals surface area contributed by atoms with Gasteiger partial charge in [-0.05, 0) is 42.9 Å². The van der Waals surface area contributed by atoms with E-state index >= 15 is 0 Å². The van der Waals surface area contributed by atoms with Crippen LogP contribution in [0.25, 0.3) is 0 Å². The van der Waals surface area contributed by atoms with E-state index in [1.54, 1.807) is 18.2 Å². The summed E-state index contributed by atoms with van der Waals surface area (Å²) in [4.78, 5) is 12.2. The fourth-order valence-corrected chi connectivity index (χ4v) is 3.07. The van der Waals surface area contributed by atoms with Crippen LogP contribution in [0, 0.1) is 11.8 Å². The molecule has 0 aromatic heterocycles. The van der Waals surface area contributed by atoms with Crippen LogP contribution in [-0.4, -0.2) is 11.9 Å². The minimum atomic E-state index is -0.0334. The highest BCUT2D eigenvalue weighted by molar-refractivity contribution is 9.10. The third-order valence-electron chi connectivity index (χ3n) is 3.96. The molecule has 1 aromatic rings. The molecule has 4 heteroatoms. The predicted molar refractivity (Wildman–Crippen MR) is 77.4 cm³/mol. The first-order valence-electron chi connectivity index (χ1n) is 6.34. The Morgan fingerprint density at radius 1 is 1.33 bits per heavy atom. The first-order valence-corrected chi connectivity index (χ1v) is 7.13. The second kappa shape index (κ2) is 5.31. The number of nitrogen functional groups attached to an aromatic ring is 1. The van der Waals surface area contributed by atoms with Crippen molar-refractivity contribution < 1.29 is 4.79 Å². The molecule has 1 amide bonds. The van der Waals surface area contributed by atoms with Crippen molar-refractivity contribution in [1.29, 1.82) is 0 Å². The number of amides is 1. The van der Waals surface area contributed by atoms with Crippen LogP contribution in [0.1, 0.15) is 37.0 Å². The number of anilines is 1. The molecule has 1 aromatic carbocycles. The van der Waals surface area contributed by atoms with Crippen LogP contribution in [-0.2, 0) is 0 Å². The predicted octanol–water partition coefficient (Wildman–Crippen LogP) is 3.20. The third-order valence-corrected chi connectivity index (χ3v) is 4.42. The molecule has 98 valence electrons. The number of nitrogens with one attached hydrogen (secondary N) is 1. The van der Waals surface area contributed by atoms with Gasteiger partial charge in [-0.25, -0.2) is 0 Å². The number of carbonyl (C=O) groups excluding carboxylic acids is 1. The number of carbonyl (C=O) groups is 1. The number of hydrogen-bond acceptors (Lipinski definition) is 2. The molecule has 3 N–H and O–H groups in total. The Hall–Kier alpha value is -1.03. The maximum Gasteiger partial charge on any atom is 0.251 e. The average molecular weight is 311 g/mol. The lowest BCUT2D eigenvalue weighted by Gasteiger charge is -2.19. The molecule has 0 heterocycles. The van der Waals surface area contributed by atoms with Crippen molar-refractivity contribution in [2.45, 2.75) is 32.7 Å². The number of hydrogen-bond donors (Lipinski definition) is 2. The molecule has 1 fully saturated rings. The Balaban J connectivity index is 2.08. The van der Waals surface area contributed by atoms with E-state index in [0.29, 0.717) is 23.1 Å². The Kier molecular flexibility index (Phi) is 3.95. The van der Waals surface area contributed by atoms with Gasteiger partial charge in [0, 0.05) is 21.8 Å². The van der Waals surface area contributed by atoms with E-state index in [-0.39, 0.29) is 11.9 Å². The minimum Gasteiger partial charge on any atom is -0.399 e. The SMILES string of the molecule is CC1CCC(NC(=O)c2cc(N)cc(Br)c2)C1C. The first kappa shape index (κ1) is 13.4. The molecule has 0 saturated heterocycles. The number of nitrogens with two attached hydrogens (primary N) is 1. The van der Waals surface area contributed by atoms with Crippen LogP contribution in [0.15, 0.2) is 22.7 Å². The van der Waals surface area contributed by atoms with Crippen molar-refractivity contribution in [3.63, 3.8) is 0 Å². The molecule has 3 atom stereocenters. The summed E-state index contributed by atoms with van der Waals surface area (Å²) in [6, 6.07) is 5.59. The minimum absolute atomic E-state index is 0.0334. The molecule has 18 heavy (non-hydrogen) atoms. The zero-order valence-corrected chi connectivity index (χ0v) is 12.3. The summed E-state index contributed by atoms with van der Waals surface area (Å²) in [5, 5.41) is 3.11. The smallest absolute Gasteiger partial charge is 0.251 e. The van der Waals surface area contributed by atoms with Gasteiger partial charge in [0.2, 0.25) is 0 Å². The maximum atomic E-state index is 12.2. The largest absolute Gasteiger partial charge is 0.399 e. The molecule has 0 bridgehead atoms. The first-order chi connectivity index (χ1) is 8.47. The molecule has 2 rings (SSSR count). The molecule has 1 saturated carbocycles. The van der Waals surface area contributed by atoms with Crippen LogP contribution in [0.5, 0.6) is 0 Å². The van der Waals surface area contributed by atoms with Crippen molar-refractivity contribution >= 4 is 27.5 Å². The quantitative estimate of drug-likeness (QED) is 0.824. The van der Waals surface area contributed by atoms with Gasteiger partial charge >= 0.3 is 0 Å². The zero-order chi connectivity index (χ0) is 13.3. The Labute approximate surface area is 116 Å². The van der Waals surface area contributed by atoms with Gasteiger partial charge in [0.05, 0.1) is 0 Å². The highest BCUT2D eigenvalue weighted by atomic mass is 79.9. The number of benzene rings is 1. The van der Waals surface area contributed by atoms with E-state index in [0.717, 1.165) is 10.9 Å². The molecule has 0 radical (unpaired) electrons. The second-order valence-corrected chi connectivity index (χ2v) is 6.18. The molecule has 0 aliphatic heterocycles. The molecular formula is C14H19BrN2O. The number of halogens is 1. The van der Waals surface area contributed by atoms with Gasteiger partial charge in [-0.2, -0.15) is 0 Å². The Morgan fingerprint density at radius 2 is 2.06 bits per heavy atom. The highest BCUT2D eigenvalue weighted by Gasteiger charge is 2.30. The summed E-state index contributed by atoms with van der Waals surface area (Å²) >= 11 is 3.36. The summed E-state index contributed by atoms with van der Waals surface area (Å²) in [5.74, 6) is 1.19. The van der Waals surface area contributed by atoms with Crippen molar-refractivity contribution in [3.8, 4) is 0 Å². The molecule has 3 nitrogen and oxygen atoms in total. The molecular weight excluding hydrogens is 292 g/mol. The number of rotatable bonds is 2. The van der Waals surface area contributed by atoms with Gasteiger partial charge in [-0.15, -0.1) is 0 Å². The van der Waals surface area contributed by atoms with Crippen molar-refractivity contribution in [3.05, 3.63) is 28.2 Å². The van der Waals surface area contributed by atoms with Gasteiger partial charge in [0.1, 0.15) is 0 Å². The summed E-state index contributed by atoms with van der Waals surface area (Å²) < 4.78 is 0.834. The van der Waals surface area contributed by atoms with Crippen LogP contribution in [0.3, 0.4) is 0 Å². The molecule has 3 unspecified atom stereocenters. The lowest BCUT2D eigenvalue weighted by atomic mass is 9.97. The fraction of sp³-hybridized carbons (Fsp3) is 0.500. The van der Waals surface area contributed by atoms with E-state index in [1.807, 2.05) is 0 Å². The van der Waals surface area contributed by atoms with Crippen LogP contribution in [0.4, 0.5) is 5.69 Å². The third kappa shape index (κ3) is 2.86. The van der Waals surface area contributed by atoms with Crippen molar-refractivity contribution in [2.75, 3.05) is 5.73 Å². The van der Waals surface area contributed by atoms with E-state index in [2.05, 4.69) is 35.1 Å². The highest BCUT2D eigenvalue weighted by Crippen LogP contribution is 2.31. The van der Waals surface area contributed by atoms with E-state index < -0.39 is 0 Å². The van der Waals surface area contributed by atoms with Gasteiger partial charge < -0.3 is 11.1 Å². The van der Waals surface area contributed by atoms with Gasteiger partial charge in [0.25, 0.3) is 5.91 Å². The van der Waals surface area contributed by atoms with E-state index in [4.69, 9.17) is 5.73 Å². The summed E-state index contributed by atoms with van der Waals surface area (Å²) in [7, 11) is 0. The fourth-order valence-electron chi connectivity index (χ4n) is 2.56.